The van der Waals surface area contributed by atoms with E-state index in [0.717, 1.165) is 27.8 Å². The van der Waals surface area contributed by atoms with Crippen LogP contribution in [0.1, 0.15) is 22.3 Å². The molecule has 0 atom stereocenters. The molecule has 1 aliphatic heterocycles. The number of hydrogen-bond acceptors (Lipinski definition) is 4. The number of nitrogens with zero attached hydrogens (tertiary/aromatic N) is 1. The highest BCUT2D eigenvalue weighted by Crippen LogP contribution is 2.35. The lowest BCUT2D eigenvalue weighted by molar-refractivity contribution is 0.174. The molecular formula is C27H24FN3O3S. The number of fused-ring (bicyclic) bond motifs is 2. The van der Waals surface area contributed by atoms with Crippen LogP contribution in [0.2, 0.25) is 0 Å². The van der Waals surface area contributed by atoms with E-state index < -0.39 is 0 Å². The van der Waals surface area contributed by atoms with E-state index in [1.807, 2.05) is 43.0 Å². The fraction of sp³-hybridized carbons (Fsp3) is 0.185. The second kappa shape index (κ2) is 9.38. The molecule has 4 aromatic rings. The van der Waals surface area contributed by atoms with E-state index in [-0.39, 0.29) is 24.7 Å². The maximum absolute atomic E-state index is 13.5. The van der Waals surface area contributed by atoms with Gasteiger partial charge >= 0.3 is 0 Å². The predicted molar refractivity (Wildman–Crippen MR) is 138 cm³/mol. The zero-order valence-electron chi connectivity index (χ0n) is 19.4. The number of benzene rings is 3. The predicted octanol–water partition coefficient (Wildman–Crippen LogP) is 5.41. The first kappa shape index (κ1) is 22.9. The summed E-state index contributed by atoms with van der Waals surface area (Å²) >= 11 is 5.77. The van der Waals surface area contributed by atoms with E-state index in [4.69, 9.17) is 21.7 Å². The van der Waals surface area contributed by atoms with Crippen LogP contribution in [-0.4, -0.2) is 21.8 Å². The van der Waals surface area contributed by atoms with E-state index in [1.165, 1.54) is 12.1 Å². The number of nitrogens with one attached hydrogen (secondary N) is 2. The minimum absolute atomic E-state index is 0.159. The van der Waals surface area contributed by atoms with Gasteiger partial charge in [-0.2, -0.15) is 0 Å². The first-order chi connectivity index (χ1) is 16.9. The lowest BCUT2D eigenvalue weighted by Gasteiger charge is -2.26. The molecule has 0 fully saturated rings. The molecule has 0 unspecified atom stereocenters. The highest BCUT2D eigenvalue weighted by atomic mass is 32.1. The lowest BCUT2D eigenvalue weighted by atomic mass is 10.1. The van der Waals surface area contributed by atoms with Gasteiger partial charge in [-0.15, -0.1) is 0 Å². The van der Waals surface area contributed by atoms with Gasteiger partial charge in [-0.05, 0) is 67.5 Å². The zero-order chi connectivity index (χ0) is 24.5. The Kier molecular flexibility index (Phi) is 6.13. The Bertz CT molecular complexity index is 1480. The van der Waals surface area contributed by atoms with Gasteiger partial charge in [0.25, 0.3) is 5.56 Å². The Balaban J connectivity index is 1.47. The van der Waals surface area contributed by atoms with E-state index in [2.05, 4.69) is 16.4 Å². The maximum atomic E-state index is 13.5. The van der Waals surface area contributed by atoms with Crippen molar-refractivity contribution in [1.29, 1.82) is 0 Å². The standard InChI is InChI=1S/C27H24FN3O3S/c1-16-3-8-22(17(2)9-16)30-27(35)31(13-18-4-6-21(28)7-5-18)14-20-10-19-11-24-25(34-15-33-24)12-23(19)29-26(20)32/h3-12H,13-15H2,1-2H3,(H,29,32)(H,30,35). The Morgan fingerprint density at radius 2 is 1.77 bits per heavy atom. The number of rotatable bonds is 5. The number of hydrogen-bond donors (Lipinski definition) is 2. The number of H-pyrrole nitrogens is 1. The van der Waals surface area contributed by atoms with Crippen LogP contribution in [0.3, 0.4) is 0 Å². The number of aromatic amines is 1. The SMILES string of the molecule is Cc1ccc(NC(=S)N(Cc2ccc(F)cc2)Cc2cc3cc4c(cc3[nH]c2=O)OCO4)c(C)c1. The number of thiocarbonyl (C=S) groups is 1. The Labute approximate surface area is 207 Å². The van der Waals surface area contributed by atoms with Crippen LogP contribution in [0.25, 0.3) is 10.9 Å². The molecule has 5 rings (SSSR count). The number of halogens is 1. The van der Waals surface area contributed by atoms with Gasteiger partial charge in [0.1, 0.15) is 5.82 Å². The topological polar surface area (TPSA) is 66.6 Å². The first-order valence-electron chi connectivity index (χ1n) is 11.2. The summed E-state index contributed by atoms with van der Waals surface area (Å²) in [5.74, 6) is 0.948. The summed E-state index contributed by atoms with van der Waals surface area (Å²) in [4.78, 5) is 17.8. The van der Waals surface area contributed by atoms with Crippen LogP contribution in [-0.2, 0) is 13.1 Å². The highest BCUT2D eigenvalue weighted by molar-refractivity contribution is 7.80. The van der Waals surface area contributed by atoms with Gasteiger partial charge in [0.05, 0.1) is 12.1 Å². The normalized spacial score (nSPS) is 12.1. The molecule has 8 heteroatoms. The molecule has 0 saturated carbocycles. The van der Waals surface area contributed by atoms with Crippen molar-refractivity contribution in [2.75, 3.05) is 12.1 Å². The van der Waals surface area contributed by atoms with Crippen LogP contribution in [0.5, 0.6) is 11.5 Å². The number of ether oxygens (including phenoxy) is 2. The minimum Gasteiger partial charge on any atom is -0.454 e. The van der Waals surface area contributed by atoms with Gasteiger partial charge < -0.3 is 24.7 Å². The summed E-state index contributed by atoms with van der Waals surface area (Å²) in [5.41, 5.74) is 4.99. The third-order valence-corrected chi connectivity index (χ3v) is 6.33. The second-order valence-corrected chi connectivity index (χ2v) is 9.03. The van der Waals surface area contributed by atoms with Crippen molar-refractivity contribution in [1.82, 2.24) is 9.88 Å². The monoisotopic (exact) mass is 489 g/mol. The van der Waals surface area contributed by atoms with E-state index in [9.17, 15) is 9.18 Å². The van der Waals surface area contributed by atoms with Gasteiger partial charge in [-0.3, -0.25) is 4.79 Å². The number of aryl methyl sites for hydroxylation is 2. The Morgan fingerprint density at radius 1 is 1.03 bits per heavy atom. The van der Waals surface area contributed by atoms with Gasteiger partial charge in [-0.1, -0.05) is 29.8 Å². The van der Waals surface area contributed by atoms with Crippen molar-refractivity contribution in [2.24, 2.45) is 0 Å². The van der Waals surface area contributed by atoms with Crippen LogP contribution in [0.15, 0.2) is 65.5 Å². The molecule has 178 valence electrons. The quantitative estimate of drug-likeness (QED) is 0.366. The lowest BCUT2D eigenvalue weighted by Crippen LogP contribution is -2.35. The van der Waals surface area contributed by atoms with E-state index in [1.54, 1.807) is 18.2 Å². The van der Waals surface area contributed by atoms with Crippen molar-refractivity contribution in [3.8, 4) is 11.5 Å². The molecule has 2 N–H and O–H groups in total. The largest absolute Gasteiger partial charge is 0.454 e. The maximum Gasteiger partial charge on any atom is 0.253 e. The van der Waals surface area contributed by atoms with Crippen LogP contribution < -0.4 is 20.3 Å². The molecule has 0 amide bonds. The Morgan fingerprint density at radius 3 is 2.51 bits per heavy atom. The molecule has 0 bridgehead atoms. The molecule has 2 heterocycles. The summed E-state index contributed by atoms with van der Waals surface area (Å²) in [5, 5.41) is 4.61. The molecular weight excluding hydrogens is 465 g/mol. The second-order valence-electron chi connectivity index (χ2n) is 8.65. The summed E-state index contributed by atoms with van der Waals surface area (Å²) < 4.78 is 24.4. The first-order valence-corrected chi connectivity index (χ1v) is 11.6. The van der Waals surface area contributed by atoms with Crippen LogP contribution in [0, 0.1) is 19.7 Å². The molecule has 0 radical (unpaired) electrons. The van der Waals surface area contributed by atoms with Crippen molar-refractivity contribution in [3.05, 3.63) is 99.1 Å². The molecule has 1 aromatic heterocycles. The van der Waals surface area contributed by atoms with Gasteiger partial charge in [0.2, 0.25) is 6.79 Å². The fourth-order valence-electron chi connectivity index (χ4n) is 4.12. The molecule has 0 aliphatic carbocycles. The van der Waals surface area contributed by atoms with Crippen LogP contribution >= 0.6 is 12.2 Å². The summed E-state index contributed by atoms with van der Waals surface area (Å²) in [6.07, 6.45) is 0. The molecule has 0 spiro atoms. The van der Waals surface area contributed by atoms with Gasteiger partial charge in [0.15, 0.2) is 16.6 Å². The third-order valence-electron chi connectivity index (χ3n) is 5.97. The highest BCUT2D eigenvalue weighted by Gasteiger charge is 2.18. The summed E-state index contributed by atoms with van der Waals surface area (Å²) in [7, 11) is 0. The van der Waals surface area contributed by atoms with Gasteiger partial charge in [0, 0.05) is 29.2 Å². The van der Waals surface area contributed by atoms with E-state index in [0.29, 0.717) is 34.2 Å². The smallest absolute Gasteiger partial charge is 0.253 e. The summed E-state index contributed by atoms with van der Waals surface area (Å²) in [6, 6.07) is 17.8. The van der Waals surface area contributed by atoms with Gasteiger partial charge in [-0.25, -0.2) is 4.39 Å². The molecule has 1 aliphatic rings. The molecule has 3 aromatic carbocycles. The number of anilines is 1. The van der Waals surface area contributed by atoms with Crippen LogP contribution in [0.4, 0.5) is 10.1 Å². The van der Waals surface area contributed by atoms with Crippen molar-refractivity contribution >= 4 is 33.9 Å². The summed E-state index contributed by atoms with van der Waals surface area (Å²) in [6.45, 7) is 4.87. The molecule has 35 heavy (non-hydrogen) atoms. The van der Waals surface area contributed by atoms with Crippen molar-refractivity contribution in [3.63, 3.8) is 0 Å². The molecule has 0 saturated heterocycles. The van der Waals surface area contributed by atoms with Crippen molar-refractivity contribution in [2.45, 2.75) is 26.9 Å². The average molecular weight is 490 g/mol. The van der Waals surface area contributed by atoms with Crippen molar-refractivity contribution < 1.29 is 13.9 Å². The average Bonchev–Trinajstić information content (AvgIpc) is 3.28. The number of aromatic nitrogens is 1. The fourth-order valence-corrected chi connectivity index (χ4v) is 4.36. The van der Waals surface area contributed by atoms with E-state index >= 15 is 0 Å². The minimum atomic E-state index is -0.305. The zero-order valence-corrected chi connectivity index (χ0v) is 20.2. The number of pyridine rings is 1. The Hall–Kier alpha value is -3.91. The third kappa shape index (κ3) is 4.97. The molecule has 6 nitrogen and oxygen atoms in total.